The molecule has 0 N–H and O–H groups in total. The van der Waals surface area contributed by atoms with Crippen molar-refractivity contribution in [2.75, 3.05) is 0 Å². The van der Waals surface area contributed by atoms with Crippen LogP contribution in [-0.4, -0.2) is 11.8 Å². The lowest BCUT2D eigenvalue weighted by Gasteiger charge is -2.34. The smallest absolute Gasteiger partial charge is 0.280 e. The predicted molar refractivity (Wildman–Crippen MR) is 52.0 cm³/mol. The van der Waals surface area contributed by atoms with E-state index in [1.54, 1.807) is 18.2 Å². The maximum atomic E-state index is 13.9. The average Bonchev–Trinajstić information content (AvgIpc) is 2.13. The molecule has 0 radical (unpaired) electrons. The van der Waals surface area contributed by atoms with E-state index in [-0.39, 0.29) is 5.56 Å². The Kier molecular flexibility index (Phi) is 1.74. The Morgan fingerprint density at radius 3 is 2.50 bits per heavy atom. The average molecular weight is 195 g/mol. The molecule has 14 heavy (non-hydrogen) atoms. The molecule has 0 aliphatic carbocycles. The molecule has 0 atom stereocenters. The van der Waals surface area contributed by atoms with Crippen LogP contribution in [0.15, 0.2) is 29.3 Å². The van der Waals surface area contributed by atoms with Crippen LogP contribution in [0.5, 0.6) is 0 Å². The minimum atomic E-state index is -2.89. The van der Waals surface area contributed by atoms with E-state index in [1.165, 1.54) is 26.1 Å². The molecular weight excluding hydrogens is 184 g/mol. The molecule has 0 fully saturated rings. The van der Waals surface area contributed by atoms with Crippen molar-refractivity contribution in [2.24, 2.45) is 4.99 Å². The number of fused-ring (bicyclic) bond motifs is 1. The summed E-state index contributed by atoms with van der Waals surface area (Å²) in [6.45, 7) is 2.89. The zero-order valence-electron chi connectivity index (χ0n) is 8.09. The fraction of sp³-hybridized carbons (Fsp3) is 0.364. The summed E-state index contributed by atoms with van der Waals surface area (Å²) in [6.07, 6.45) is 1.52. The Hall–Kier alpha value is -1.25. The van der Waals surface area contributed by atoms with Crippen LogP contribution in [0.1, 0.15) is 25.0 Å². The lowest BCUT2D eigenvalue weighted by molar-refractivity contribution is -0.0678. The largest absolute Gasteiger partial charge is 0.297 e. The molecule has 0 amide bonds. The Morgan fingerprint density at radius 1 is 1.14 bits per heavy atom. The third-order valence-corrected chi connectivity index (χ3v) is 2.59. The number of aliphatic imine (C=N–C) groups is 1. The highest BCUT2D eigenvalue weighted by Gasteiger charge is 2.50. The molecule has 3 heteroatoms. The van der Waals surface area contributed by atoms with Gasteiger partial charge in [-0.25, -0.2) is 0 Å². The summed E-state index contributed by atoms with van der Waals surface area (Å²) in [7, 11) is 0. The lowest BCUT2D eigenvalue weighted by Crippen LogP contribution is -2.41. The number of hydrogen-bond donors (Lipinski definition) is 0. The minimum absolute atomic E-state index is 0.0694. The van der Waals surface area contributed by atoms with Crippen molar-refractivity contribution >= 4 is 6.21 Å². The first-order valence-corrected chi connectivity index (χ1v) is 4.48. The minimum Gasteiger partial charge on any atom is -0.280 e. The summed E-state index contributed by atoms with van der Waals surface area (Å²) >= 11 is 0. The normalized spacial score (nSPS) is 21.7. The molecule has 0 bridgehead atoms. The first kappa shape index (κ1) is 9.31. The molecule has 2 rings (SSSR count). The van der Waals surface area contributed by atoms with E-state index in [4.69, 9.17) is 0 Å². The quantitative estimate of drug-likeness (QED) is 0.603. The molecule has 0 aromatic heterocycles. The van der Waals surface area contributed by atoms with Crippen LogP contribution in [0.2, 0.25) is 0 Å². The van der Waals surface area contributed by atoms with Crippen LogP contribution >= 0.6 is 0 Å². The Balaban J connectivity index is 2.66. The van der Waals surface area contributed by atoms with Crippen LogP contribution in [0.4, 0.5) is 8.78 Å². The summed E-state index contributed by atoms with van der Waals surface area (Å²) in [5, 5.41) is 0. The van der Waals surface area contributed by atoms with E-state index in [1.807, 2.05) is 0 Å². The van der Waals surface area contributed by atoms with Crippen molar-refractivity contribution < 1.29 is 8.78 Å². The maximum absolute atomic E-state index is 13.9. The number of benzene rings is 1. The number of hydrogen-bond acceptors (Lipinski definition) is 1. The fourth-order valence-electron chi connectivity index (χ4n) is 1.54. The van der Waals surface area contributed by atoms with E-state index >= 15 is 0 Å². The number of rotatable bonds is 0. The Bertz CT molecular complexity index is 394. The summed E-state index contributed by atoms with van der Waals surface area (Å²) in [4.78, 5) is 3.88. The zero-order valence-corrected chi connectivity index (χ0v) is 8.09. The van der Waals surface area contributed by atoms with Gasteiger partial charge in [0.25, 0.3) is 5.92 Å². The molecule has 0 saturated carbocycles. The number of nitrogens with zero attached hydrogens (tertiary/aromatic N) is 1. The molecule has 1 aromatic carbocycles. The van der Waals surface area contributed by atoms with Crippen LogP contribution in [-0.2, 0) is 5.92 Å². The highest BCUT2D eigenvalue weighted by Crippen LogP contribution is 2.44. The van der Waals surface area contributed by atoms with Gasteiger partial charge in [0.1, 0.15) is 5.54 Å². The molecule has 1 heterocycles. The lowest BCUT2D eigenvalue weighted by atomic mass is 9.86. The van der Waals surface area contributed by atoms with Crippen LogP contribution < -0.4 is 0 Å². The topological polar surface area (TPSA) is 12.4 Å². The molecular formula is C11H11F2N. The van der Waals surface area contributed by atoms with Crippen LogP contribution in [0.3, 0.4) is 0 Å². The Morgan fingerprint density at radius 2 is 1.79 bits per heavy atom. The molecule has 0 spiro atoms. The van der Waals surface area contributed by atoms with Gasteiger partial charge in [0.15, 0.2) is 0 Å². The van der Waals surface area contributed by atoms with Gasteiger partial charge in [-0.15, -0.1) is 0 Å². The summed E-state index contributed by atoms with van der Waals surface area (Å²) in [5.41, 5.74) is -0.765. The SMILES string of the molecule is CC1(C)N=Cc2ccccc2C1(F)F. The second-order valence-corrected chi connectivity index (χ2v) is 3.98. The first-order valence-electron chi connectivity index (χ1n) is 4.48. The predicted octanol–water partition coefficient (Wildman–Crippen LogP) is 2.99. The molecule has 0 unspecified atom stereocenters. The van der Waals surface area contributed by atoms with Crippen molar-refractivity contribution in [3.05, 3.63) is 35.4 Å². The molecule has 1 aromatic rings. The molecule has 1 aliphatic heterocycles. The van der Waals surface area contributed by atoms with Gasteiger partial charge in [-0.1, -0.05) is 24.3 Å². The highest BCUT2D eigenvalue weighted by molar-refractivity contribution is 5.84. The van der Waals surface area contributed by atoms with Gasteiger partial charge in [-0.2, -0.15) is 8.78 Å². The van der Waals surface area contributed by atoms with E-state index in [9.17, 15) is 8.78 Å². The number of halogens is 2. The van der Waals surface area contributed by atoms with Gasteiger partial charge in [-0.3, -0.25) is 4.99 Å². The monoisotopic (exact) mass is 195 g/mol. The zero-order chi connectivity index (χ0) is 10.4. The Labute approximate surface area is 81.5 Å². The third kappa shape index (κ3) is 1.08. The van der Waals surface area contributed by atoms with Crippen molar-refractivity contribution in [2.45, 2.75) is 25.3 Å². The summed E-state index contributed by atoms with van der Waals surface area (Å²) in [5.74, 6) is -2.89. The van der Waals surface area contributed by atoms with Crippen molar-refractivity contribution in [3.8, 4) is 0 Å². The van der Waals surface area contributed by atoms with Gasteiger partial charge in [0, 0.05) is 17.3 Å². The molecule has 0 saturated heterocycles. The van der Waals surface area contributed by atoms with Crippen LogP contribution in [0.25, 0.3) is 0 Å². The second kappa shape index (κ2) is 2.62. The van der Waals surface area contributed by atoms with Gasteiger partial charge in [0.2, 0.25) is 0 Å². The van der Waals surface area contributed by atoms with Gasteiger partial charge in [0.05, 0.1) is 0 Å². The van der Waals surface area contributed by atoms with E-state index in [0.717, 1.165) is 0 Å². The van der Waals surface area contributed by atoms with Gasteiger partial charge >= 0.3 is 0 Å². The molecule has 1 aliphatic rings. The van der Waals surface area contributed by atoms with Crippen LogP contribution in [0, 0.1) is 0 Å². The van der Waals surface area contributed by atoms with E-state index in [2.05, 4.69) is 4.99 Å². The summed E-state index contributed by atoms with van der Waals surface area (Å²) < 4.78 is 27.7. The van der Waals surface area contributed by atoms with Crippen molar-refractivity contribution in [3.63, 3.8) is 0 Å². The maximum Gasteiger partial charge on any atom is 0.297 e. The van der Waals surface area contributed by atoms with Crippen molar-refractivity contribution in [1.29, 1.82) is 0 Å². The second-order valence-electron chi connectivity index (χ2n) is 3.98. The molecule has 74 valence electrons. The number of alkyl halides is 2. The van der Waals surface area contributed by atoms with Gasteiger partial charge in [-0.05, 0) is 13.8 Å². The fourth-order valence-corrected chi connectivity index (χ4v) is 1.54. The van der Waals surface area contributed by atoms with Gasteiger partial charge < -0.3 is 0 Å². The highest BCUT2D eigenvalue weighted by atomic mass is 19.3. The summed E-state index contributed by atoms with van der Waals surface area (Å²) in [6, 6.07) is 6.48. The third-order valence-electron chi connectivity index (χ3n) is 2.59. The van der Waals surface area contributed by atoms with E-state index < -0.39 is 11.5 Å². The van der Waals surface area contributed by atoms with Crippen molar-refractivity contribution in [1.82, 2.24) is 0 Å². The first-order chi connectivity index (χ1) is 6.45. The van der Waals surface area contributed by atoms with E-state index in [0.29, 0.717) is 5.56 Å². The molecule has 1 nitrogen and oxygen atoms in total. The standard InChI is InChI=1S/C11H11F2N/c1-10(2)11(12,13)9-6-4-3-5-8(9)7-14-10/h3-7H,1-2H3.